The molecule has 24 heavy (non-hydrogen) atoms. The Bertz CT molecular complexity index is 696. The number of rotatable bonds is 3. The van der Waals surface area contributed by atoms with Gasteiger partial charge in [-0.25, -0.2) is 4.79 Å². The van der Waals surface area contributed by atoms with Crippen molar-refractivity contribution in [3.63, 3.8) is 0 Å². The lowest BCUT2D eigenvalue weighted by Crippen LogP contribution is -2.39. The maximum Gasteiger partial charge on any atom is 0.318 e. The number of nitrogens with zero attached hydrogens (tertiary/aromatic N) is 4. The normalized spacial score (nSPS) is 20.7. The van der Waals surface area contributed by atoms with Gasteiger partial charge >= 0.3 is 6.03 Å². The van der Waals surface area contributed by atoms with Gasteiger partial charge in [0.1, 0.15) is 5.82 Å². The largest absolute Gasteiger partial charge is 0.331 e. The topological polar surface area (TPSA) is 63.1 Å². The summed E-state index contributed by atoms with van der Waals surface area (Å²) in [4.78, 5) is 14.6. The Morgan fingerprint density at radius 2 is 2.21 bits per heavy atom. The van der Waals surface area contributed by atoms with Crippen LogP contribution in [0.5, 0.6) is 0 Å². The first-order chi connectivity index (χ1) is 11.8. The number of nitrogens with one attached hydrogen (secondary N) is 1. The Balaban J connectivity index is 1.41. The maximum atomic E-state index is 12.6. The number of thiophene rings is 1. The molecule has 0 unspecified atom stereocenters. The molecule has 128 valence electrons. The number of hydrogen-bond donors (Lipinski definition) is 1. The molecule has 1 atom stereocenters. The second kappa shape index (κ2) is 6.93. The molecule has 4 heterocycles. The van der Waals surface area contributed by atoms with Gasteiger partial charge in [-0.1, -0.05) is 6.42 Å². The number of amides is 2. The molecular formula is C17H23N5OS. The summed E-state index contributed by atoms with van der Waals surface area (Å²) in [5.74, 6) is 1.95. The fourth-order valence-corrected chi connectivity index (χ4v) is 4.46. The number of carbonyl (C=O) groups excluding carboxylic acids is 1. The van der Waals surface area contributed by atoms with Crippen LogP contribution in [0.2, 0.25) is 0 Å². The van der Waals surface area contributed by atoms with Crippen molar-refractivity contribution in [1.29, 1.82) is 0 Å². The Kier molecular flexibility index (Phi) is 4.51. The van der Waals surface area contributed by atoms with Gasteiger partial charge in [0, 0.05) is 19.5 Å². The molecule has 1 saturated heterocycles. The minimum absolute atomic E-state index is 0.00896. The van der Waals surface area contributed by atoms with E-state index in [0.717, 1.165) is 44.0 Å². The van der Waals surface area contributed by atoms with Crippen molar-refractivity contribution >= 4 is 17.4 Å². The molecular weight excluding hydrogens is 322 g/mol. The Morgan fingerprint density at radius 3 is 3.08 bits per heavy atom. The first-order valence-corrected chi connectivity index (χ1v) is 9.75. The van der Waals surface area contributed by atoms with Gasteiger partial charge in [-0.15, -0.1) is 10.2 Å². The molecule has 4 rings (SSSR count). The molecule has 2 amide bonds. The van der Waals surface area contributed by atoms with Crippen LogP contribution < -0.4 is 5.32 Å². The van der Waals surface area contributed by atoms with Crippen molar-refractivity contribution in [3.8, 4) is 0 Å². The smallest absolute Gasteiger partial charge is 0.318 e. The predicted octanol–water partition coefficient (Wildman–Crippen LogP) is 3.11. The lowest BCUT2D eigenvalue weighted by Gasteiger charge is -2.24. The molecule has 2 aromatic rings. The first-order valence-electron chi connectivity index (χ1n) is 8.80. The highest BCUT2D eigenvalue weighted by molar-refractivity contribution is 7.07. The van der Waals surface area contributed by atoms with E-state index >= 15 is 0 Å². The average Bonchev–Trinajstić information content (AvgIpc) is 3.31. The summed E-state index contributed by atoms with van der Waals surface area (Å²) in [5.41, 5.74) is 1.25. The van der Waals surface area contributed by atoms with Crippen molar-refractivity contribution in [1.82, 2.24) is 25.0 Å². The van der Waals surface area contributed by atoms with Crippen LogP contribution in [0.15, 0.2) is 16.8 Å². The molecule has 2 aliphatic heterocycles. The third kappa shape index (κ3) is 3.05. The van der Waals surface area contributed by atoms with Gasteiger partial charge in [0.2, 0.25) is 0 Å². The van der Waals surface area contributed by atoms with Gasteiger partial charge in [-0.05, 0) is 48.1 Å². The molecule has 1 fully saturated rings. The number of fused-ring (bicyclic) bond motifs is 1. The minimum Gasteiger partial charge on any atom is -0.331 e. The van der Waals surface area contributed by atoms with E-state index in [9.17, 15) is 4.79 Å². The molecule has 7 heteroatoms. The highest BCUT2D eigenvalue weighted by Crippen LogP contribution is 2.32. The number of hydrogen-bond acceptors (Lipinski definition) is 4. The Labute approximate surface area is 145 Å². The quantitative estimate of drug-likeness (QED) is 0.930. The molecule has 2 aromatic heterocycles. The van der Waals surface area contributed by atoms with Gasteiger partial charge in [-0.3, -0.25) is 0 Å². The highest BCUT2D eigenvalue weighted by Gasteiger charge is 2.30. The van der Waals surface area contributed by atoms with E-state index in [-0.39, 0.29) is 12.1 Å². The summed E-state index contributed by atoms with van der Waals surface area (Å²) < 4.78 is 2.19. The summed E-state index contributed by atoms with van der Waals surface area (Å²) in [6.07, 6.45) is 6.69. The van der Waals surface area contributed by atoms with Crippen LogP contribution >= 0.6 is 11.3 Å². The maximum absolute atomic E-state index is 12.6. The van der Waals surface area contributed by atoms with Crippen LogP contribution in [0.3, 0.4) is 0 Å². The van der Waals surface area contributed by atoms with E-state index in [4.69, 9.17) is 0 Å². The van der Waals surface area contributed by atoms with Crippen LogP contribution in [0.4, 0.5) is 4.79 Å². The second-order valence-corrected chi connectivity index (χ2v) is 7.34. The molecule has 0 bridgehead atoms. The molecule has 0 saturated carbocycles. The zero-order valence-corrected chi connectivity index (χ0v) is 14.6. The van der Waals surface area contributed by atoms with Crippen molar-refractivity contribution < 1.29 is 4.79 Å². The molecule has 6 nitrogen and oxygen atoms in total. The predicted molar refractivity (Wildman–Crippen MR) is 92.8 cm³/mol. The van der Waals surface area contributed by atoms with Crippen molar-refractivity contribution in [2.45, 2.75) is 57.7 Å². The summed E-state index contributed by atoms with van der Waals surface area (Å²) in [6, 6.07) is 2.35. The summed E-state index contributed by atoms with van der Waals surface area (Å²) in [7, 11) is 0. The fourth-order valence-electron chi connectivity index (χ4n) is 3.75. The van der Waals surface area contributed by atoms with Crippen LogP contribution in [-0.2, 0) is 19.5 Å². The van der Waals surface area contributed by atoms with E-state index in [0.29, 0.717) is 6.54 Å². The Hall–Kier alpha value is -1.89. The van der Waals surface area contributed by atoms with E-state index < -0.39 is 0 Å². The van der Waals surface area contributed by atoms with Crippen LogP contribution in [0, 0.1) is 0 Å². The van der Waals surface area contributed by atoms with E-state index in [1.54, 1.807) is 11.3 Å². The zero-order valence-electron chi connectivity index (χ0n) is 13.8. The molecule has 2 aliphatic rings. The molecule has 0 spiro atoms. The standard InChI is InChI=1S/C17H23N5OS/c23-17(21-9-4-5-14(21)13-7-10-24-12-13)18-11-16-20-19-15-6-2-1-3-8-22(15)16/h7,10,12,14H,1-6,8-9,11H2,(H,18,23)/t14-/m1/s1. The average molecular weight is 345 g/mol. The van der Waals surface area contributed by atoms with Gasteiger partial charge in [0.15, 0.2) is 5.82 Å². The highest BCUT2D eigenvalue weighted by atomic mass is 32.1. The number of likely N-dealkylation sites (tertiary alicyclic amines) is 1. The van der Waals surface area contributed by atoms with Crippen LogP contribution in [0.1, 0.15) is 55.4 Å². The third-order valence-electron chi connectivity index (χ3n) is 5.03. The summed E-state index contributed by atoms with van der Waals surface area (Å²) in [5, 5.41) is 15.9. The van der Waals surface area contributed by atoms with Crippen molar-refractivity contribution in [2.24, 2.45) is 0 Å². The minimum atomic E-state index is 0.00896. The number of aromatic nitrogens is 3. The van der Waals surface area contributed by atoms with E-state index in [1.165, 1.54) is 24.8 Å². The zero-order chi connectivity index (χ0) is 16.4. The molecule has 1 N–H and O–H groups in total. The van der Waals surface area contributed by atoms with Gasteiger partial charge in [0.25, 0.3) is 0 Å². The number of urea groups is 1. The van der Waals surface area contributed by atoms with Crippen LogP contribution in [-0.4, -0.2) is 32.2 Å². The van der Waals surface area contributed by atoms with Crippen LogP contribution in [0.25, 0.3) is 0 Å². The Morgan fingerprint density at radius 1 is 1.25 bits per heavy atom. The third-order valence-corrected chi connectivity index (χ3v) is 5.73. The summed E-state index contributed by atoms with van der Waals surface area (Å²) in [6.45, 7) is 2.25. The SMILES string of the molecule is O=C(NCc1nnc2n1CCCCC2)N1CCC[C@@H]1c1ccsc1. The van der Waals surface area contributed by atoms with E-state index in [2.05, 4.69) is 36.9 Å². The molecule has 0 radical (unpaired) electrons. The van der Waals surface area contributed by atoms with Gasteiger partial charge in [0.05, 0.1) is 12.6 Å². The van der Waals surface area contributed by atoms with Gasteiger partial charge in [-0.2, -0.15) is 11.3 Å². The lowest BCUT2D eigenvalue weighted by molar-refractivity contribution is 0.192. The first kappa shape index (κ1) is 15.6. The number of aryl methyl sites for hydroxylation is 1. The monoisotopic (exact) mass is 345 g/mol. The van der Waals surface area contributed by atoms with Crippen molar-refractivity contribution in [3.05, 3.63) is 34.0 Å². The second-order valence-electron chi connectivity index (χ2n) is 6.56. The molecule has 0 aliphatic carbocycles. The lowest BCUT2D eigenvalue weighted by atomic mass is 10.1. The fraction of sp³-hybridized carbons (Fsp3) is 0.588. The number of carbonyl (C=O) groups is 1. The molecule has 0 aromatic carbocycles. The van der Waals surface area contributed by atoms with Gasteiger partial charge < -0.3 is 14.8 Å². The van der Waals surface area contributed by atoms with Crippen molar-refractivity contribution in [2.75, 3.05) is 6.54 Å². The summed E-state index contributed by atoms with van der Waals surface area (Å²) >= 11 is 1.69. The van der Waals surface area contributed by atoms with E-state index in [1.807, 2.05) is 4.90 Å².